The van der Waals surface area contributed by atoms with Gasteiger partial charge >= 0.3 is 0 Å². The lowest BCUT2D eigenvalue weighted by molar-refractivity contribution is 0.0950. The molecule has 5 nitrogen and oxygen atoms in total. The third-order valence-electron chi connectivity index (χ3n) is 3.89. The molecule has 5 heteroatoms. The number of H-pyrrole nitrogens is 1. The summed E-state index contributed by atoms with van der Waals surface area (Å²) in [5.41, 5.74) is 3.50. The number of amides is 1. The van der Waals surface area contributed by atoms with Crippen LogP contribution in [0.1, 0.15) is 16.1 Å². The maximum Gasteiger partial charge on any atom is 0.254 e. The highest BCUT2D eigenvalue weighted by Crippen LogP contribution is 2.14. The summed E-state index contributed by atoms with van der Waals surface area (Å²) in [6.07, 6.45) is 3.31. The van der Waals surface area contributed by atoms with Gasteiger partial charge in [-0.1, -0.05) is 36.4 Å². The highest BCUT2D eigenvalue weighted by atomic mass is 16.1. The molecule has 0 spiro atoms. The lowest BCUT2D eigenvalue weighted by atomic mass is 10.2. The fourth-order valence-corrected chi connectivity index (χ4v) is 2.67. The smallest absolute Gasteiger partial charge is 0.254 e. The van der Waals surface area contributed by atoms with E-state index in [1.807, 2.05) is 60.7 Å². The van der Waals surface area contributed by atoms with Crippen molar-refractivity contribution in [2.24, 2.45) is 0 Å². The first-order chi connectivity index (χ1) is 11.8. The van der Waals surface area contributed by atoms with Crippen LogP contribution in [0.5, 0.6) is 0 Å². The van der Waals surface area contributed by atoms with E-state index >= 15 is 0 Å². The lowest BCUT2D eigenvalue weighted by Gasteiger charge is -2.01. The first kappa shape index (κ1) is 14.3. The molecule has 2 heterocycles. The molecule has 4 aromatic rings. The number of carbonyl (C=O) groups is 1. The molecule has 0 saturated heterocycles. The summed E-state index contributed by atoms with van der Waals surface area (Å²) in [5, 5.41) is 8.30. The van der Waals surface area contributed by atoms with Gasteiger partial charge in [0.1, 0.15) is 0 Å². The zero-order valence-corrected chi connectivity index (χ0v) is 12.9. The normalized spacial score (nSPS) is 10.8. The molecule has 0 saturated carbocycles. The number of nitrogens with one attached hydrogen (secondary N) is 2. The zero-order valence-electron chi connectivity index (χ0n) is 12.9. The van der Waals surface area contributed by atoms with Crippen molar-refractivity contribution in [3.05, 3.63) is 84.3 Å². The molecular weight excluding hydrogens is 300 g/mol. The van der Waals surface area contributed by atoms with E-state index in [0.717, 1.165) is 22.3 Å². The number of benzene rings is 2. The van der Waals surface area contributed by atoms with Crippen LogP contribution >= 0.6 is 0 Å². The maximum atomic E-state index is 12.3. The summed E-state index contributed by atoms with van der Waals surface area (Å²) in [6.45, 7) is 0.448. The number of aromatic nitrogens is 3. The van der Waals surface area contributed by atoms with Crippen molar-refractivity contribution in [2.75, 3.05) is 0 Å². The van der Waals surface area contributed by atoms with Crippen molar-refractivity contribution in [3.8, 4) is 5.69 Å². The van der Waals surface area contributed by atoms with Gasteiger partial charge < -0.3 is 10.3 Å². The van der Waals surface area contributed by atoms with Gasteiger partial charge in [-0.05, 0) is 29.7 Å². The van der Waals surface area contributed by atoms with Crippen LogP contribution in [0.15, 0.2) is 73.1 Å². The van der Waals surface area contributed by atoms with Crippen LogP contribution in [0.3, 0.4) is 0 Å². The van der Waals surface area contributed by atoms with Gasteiger partial charge in [0.25, 0.3) is 5.91 Å². The molecule has 2 N–H and O–H groups in total. The molecule has 0 atom stereocenters. The molecule has 0 bridgehead atoms. The highest BCUT2D eigenvalue weighted by Gasteiger charge is 2.10. The molecule has 2 aromatic heterocycles. The van der Waals surface area contributed by atoms with Crippen molar-refractivity contribution in [3.63, 3.8) is 0 Å². The Labute approximate surface area is 138 Å². The summed E-state index contributed by atoms with van der Waals surface area (Å²) >= 11 is 0. The third kappa shape index (κ3) is 2.79. The second-order valence-corrected chi connectivity index (χ2v) is 5.57. The van der Waals surface area contributed by atoms with Crippen LogP contribution in [0.2, 0.25) is 0 Å². The molecule has 4 rings (SSSR count). The predicted molar refractivity (Wildman–Crippen MR) is 93.0 cm³/mol. The van der Waals surface area contributed by atoms with Crippen molar-refractivity contribution >= 4 is 16.8 Å². The van der Waals surface area contributed by atoms with E-state index < -0.39 is 0 Å². The number of fused-ring (bicyclic) bond motifs is 1. The number of aromatic amines is 1. The quantitative estimate of drug-likeness (QED) is 0.607. The minimum absolute atomic E-state index is 0.143. The Bertz CT molecular complexity index is 952. The zero-order chi connectivity index (χ0) is 16.4. The van der Waals surface area contributed by atoms with Crippen LogP contribution in [0.25, 0.3) is 16.6 Å². The fraction of sp³-hybridized carbons (Fsp3) is 0.0526. The Morgan fingerprint density at radius 1 is 1.08 bits per heavy atom. The minimum Gasteiger partial charge on any atom is -0.357 e. The Kier molecular flexibility index (Phi) is 3.59. The molecular formula is C19H16N4O. The van der Waals surface area contributed by atoms with E-state index in [9.17, 15) is 4.79 Å². The number of nitrogens with zero attached hydrogens (tertiary/aromatic N) is 2. The molecule has 2 aromatic carbocycles. The predicted octanol–water partition coefficient (Wildman–Crippen LogP) is 3.28. The standard InChI is InChI=1S/C19H16N4O/c24-19(15-11-21-23(13-15)17-7-2-1-3-8-17)20-12-16-10-14-6-4-5-9-18(14)22-16/h1-11,13,22H,12H2,(H,20,24). The number of hydrogen-bond donors (Lipinski definition) is 2. The Morgan fingerprint density at radius 2 is 1.88 bits per heavy atom. The Morgan fingerprint density at radius 3 is 2.71 bits per heavy atom. The summed E-state index contributed by atoms with van der Waals surface area (Å²) in [4.78, 5) is 15.6. The van der Waals surface area contributed by atoms with E-state index in [1.54, 1.807) is 17.1 Å². The van der Waals surface area contributed by atoms with E-state index in [0.29, 0.717) is 12.1 Å². The van der Waals surface area contributed by atoms with Gasteiger partial charge in [-0.2, -0.15) is 5.10 Å². The Balaban J connectivity index is 1.45. The largest absolute Gasteiger partial charge is 0.357 e. The fourth-order valence-electron chi connectivity index (χ4n) is 2.67. The van der Waals surface area contributed by atoms with E-state index in [1.165, 1.54) is 0 Å². The van der Waals surface area contributed by atoms with Gasteiger partial charge in [0.2, 0.25) is 0 Å². The lowest BCUT2D eigenvalue weighted by Crippen LogP contribution is -2.22. The SMILES string of the molecule is O=C(NCc1cc2ccccc2[nH]1)c1cnn(-c2ccccc2)c1. The average molecular weight is 316 g/mol. The van der Waals surface area contributed by atoms with Crippen molar-refractivity contribution in [1.82, 2.24) is 20.1 Å². The van der Waals surface area contributed by atoms with Crippen LogP contribution in [-0.4, -0.2) is 20.7 Å². The number of carbonyl (C=O) groups excluding carboxylic acids is 1. The summed E-state index contributed by atoms with van der Waals surface area (Å²) in [5.74, 6) is -0.143. The molecule has 0 aliphatic heterocycles. The Hall–Kier alpha value is -3.34. The van der Waals surface area contributed by atoms with Crippen LogP contribution in [0, 0.1) is 0 Å². The van der Waals surface area contributed by atoms with E-state index in [-0.39, 0.29) is 5.91 Å². The molecule has 118 valence electrons. The second-order valence-electron chi connectivity index (χ2n) is 5.57. The molecule has 0 radical (unpaired) electrons. The first-order valence-electron chi connectivity index (χ1n) is 7.74. The van der Waals surface area contributed by atoms with Crippen molar-refractivity contribution < 1.29 is 4.79 Å². The third-order valence-corrected chi connectivity index (χ3v) is 3.89. The van der Waals surface area contributed by atoms with Crippen LogP contribution < -0.4 is 5.32 Å². The monoisotopic (exact) mass is 316 g/mol. The maximum absolute atomic E-state index is 12.3. The molecule has 0 aliphatic carbocycles. The van der Waals surface area contributed by atoms with Crippen molar-refractivity contribution in [2.45, 2.75) is 6.54 Å². The molecule has 0 unspecified atom stereocenters. The minimum atomic E-state index is -0.143. The topological polar surface area (TPSA) is 62.7 Å². The summed E-state index contributed by atoms with van der Waals surface area (Å²) < 4.78 is 1.69. The van der Waals surface area contributed by atoms with Crippen LogP contribution in [0.4, 0.5) is 0 Å². The highest BCUT2D eigenvalue weighted by molar-refractivity contribution is 5.93. The summed E-state index contributed by atoms with van der Waals surface area (Å²) in [7, 11) is 0. The second kappa shape index (κ2) is 6.04. The number of rotatable bonds is 4. The van der Waals surface area contributed by atoms with Gasteiger partial charge in [-0.25, -0.2) is 4.68 Å². The summed E-state index contributed by atoms with van der Waals surface area (Å²) in [6, 6.07) is 19.8. The molecule has 0 aliphatic rings. The average Bonchev–Trinajstić information content (AvgIpc) is 3.27. The van der Waals surface area contributed by atoms with Crippen LogP contribution in [-0.2, 0) is 6.54 Å². The first-order valence-corrected chi connectivity index (χ1v) is 7.74. The molecule has 1 amide bonds. The number of para-hydroxylation sites is 2. The van der Waals surface area contributed by atoms with Gasteiger partial charge in [0.15, 0.2) is 0 Å². The van der Waals surface area contributed by atoms with Gasteiger partial charge in [-0.15, -0.1) is 0 Å². The molecule has 0 fully saturated rings. The van der Waals surface area contributed by atoms with Gasteiger partial charge in [0.05, 0.1) is 24.0 Å². The van der Waals surface area contributed by atoms with E-state index in [4.69, 9.17) is 0 Å². The van der Waals surface area contributed by atoms with Gasteiger partial charge in [-0.3, -0.25) is 4.79 Å². The van der Waals surface area contributed by atoms with Gasteiger partial charge in [0, 0.05) is 17.4 Å². The van der Waals surface area contributed by atoms with Crippen molar-refractivity contribution in [1.29, 1.82) is 0 Å². The van der Waals surface area contributed by atoms with E-state index in [2.05, 4.69) is 15.4 Å². The number of hydrogen-bond acceptors (Lipinski definition) is 2. The molecule has 24 heavy (non-hydrogen) atoms.